The van der Waals surface area contributed by atoms with Gasteiger partial charge in [0, 0.05) is 12.1 Å². The second-order valence-corrected chi connectivity index (χ2v) is 3.98. The van der Waals surface area contributed by atoms with Crippen molar-refractivity contribution < 1.29 is 22.7 Å². The van der Waals surface area contributed by atoms with Crippen molar-refractivity contribution in [2.24, 2.45) is 0 Å². The fourth-order valence-corrected chi connectivity index (χ4v) is 1.51. The van der Waals surface area contributed by atoms with Gasteiger partial charge in [0.2, 0.25) is 0 Å². The average Bonchev–Trinajstić information content (AvgIpc) is 3.11. The van der Waals surface area contributed by atoms with E-state index in [1.165, 1.54) is 6.92 Å². The fourth-order valence-electron chi connectivity index (χ4n) is 1.51. The summed E-state index contributed by atoms with van der Waals surface area (Å²) < 4.78 is 43.0. The Labute approximate surface area is 101 Å². The van der Waals surface area contributed by atoms with Crippen LogP contribution in [0.5, 0.6) is 0 Å². The van der Waals surface area contributed by atoms with Crippen LogP contribution >= 0.6 is 0 Å². The molecule has 0 spiro atoms. The van der Waals surface area contributed by atoms with E-state index in [2.05, 4.69) is 14.7 Å². The van der Waals surface area contributed by atoms with Gasteiger partial charge in [0.1, 0.15) is 11.4 Å². The van der Waals surface area contributed by atoms with E-state index < -0.39 is 23.4 Å². The molecular weight excluding hydrogens is 249 g/mol. The summed E-state index contributed by atoms with van der Waals surface area (Å²) in [6, 6.07) is 0. The van der Waals surface area contributed by atoms with Gasteiger partial charge in [-0.1, -0.05) is 0 Å². The molecule has 98 valence electrons. The minimum absolute atomic E-state index is 0.000503. The molecule has 1 aromatic rings. The molecular formula is C11H11F3N2O2. The molecule has 0 aliphatic heterocycles. The minimum atomic E-state index is -4.69. The number of esters is 1. The van der Waals surface area contributed by atoms with E-state index in [9.17, 15) is 18.0 Å². The lowest BCUT2D eigenvalue weighted by molar-refractivity contribution is -0.142. The lowest BCUT2D eigenvalue weighted by atomic mass is 10.2. The maximum absolute atomic E-state index is 12.8. The molecule has 0 saturated heterocycles. The van der Waals surface area contributed by atoms with Crippen LogP contribution in [0.1, 0.15) is 47.6 Å². The summed E-state index contributed by atoms with van der Waals surface area (Å²) in [5.41, 5.74) is -1.84. The SMILES string of the molecule is CCOC(=O)c1cnc(C2CC2)nc1C(F)(F)F. The third kappa shape index (κ3) is 2.60. The zero-order valence-corrected chi connectivity index (χ0v) is 9.62. The highest BCUT2D eigenvalue weighted by Gasteiger charge is 2.40. The molecule has 1 aliphatic carbocycles. The second kappa shape index (κ2) is 4.55. The standard InChI is InChI=1S/C11H11F3N2O2/c1-2-18-10(17)7-5-15-9(6-3-4-6)16-8(7)11(12,13)14/h5-6H,2-4H2,1H3. The Hall–Kier alpha value is -1.66. The predicted octanol–water partition coefficient (Wildman–Crippen LogP) is 2.55. The van der Waals surface area contributed by atoms with Crippen LogP contribution in [0, 0.1) is 0 Å². The lowest BCUT2D eigenvalue weighted by Crippen LogP contribution is -2.19. The van der Waals surface area contributed by atoms with E-state index in [1.54, 1.807) is 0 Å². The Balaban J connectivity index is 2.41. The van der Waals surface area contributed by atoms with Crippen molar-refractivity contribution in [3.8, 4) is 0 Å². The van der Waals surface area contributed by atoms with Crippen LogP contribution in [-0.4, -0.2) is 22.5 Å². The number of rotatable bonds is 3. The van der Waals surface area contributed by atoms with Gasteiger partial charge in [0.25, 0.3) is 0 Å². The topological polar surface area (TPSA) is 52.1 Å². The molecule has 1 aliphatic rings. The second-order valence-electron chi connectivity index (χ2n) is 3.98. The number of hydrogen-bond acceptors (Lipinski definition) is 4. The van der Waals surface area contributed by atoms with E-state index in [0.29, 0.717) is 0 Å². The molecule has 1 heterocycles. The first kappa shape index (κ1) is 12.8. The lowest BCUT2D eigenvalue weighted by Gasteiger charge is -2.11. The van der Waals surface area contributed by atoms with Crippen LogP contribution in [-0.2, 0) is 10.9 Å². The molecule has 1 saturated carbocycles. The van der Waals surface area contributed by atoms with Crippen molar-refractivity contribution >= 4 is 5.97 Å². The normalized spacial score (nSPS) is 15.6. The number of carbonyl (C=O) groups is 1. The van der Waals surface area contributed by atoms with Crippen LogP contribution in [0.4, 0.5) is 13.2 Å². The van der Waals surface area contributed by atoms with E-state index >= 15 is 0 Å². The fraction of sp³-hybridized carbons (Fsp3) is 0.545. The Morgan fingerprint density at radius 3 is 2.67 bits per heavy atom. The summed E-state index contributed by atoms with van der Waals surface area (Å²) >= 11 is 0. The van der Waals surface area contributed by atoms with Crippen molar-refractivity contribution in [3.63, 3.8) is 0 Å². The third-order valence-corrected chi connectivity index (χ3v) is 2.51. The van der Waals surface area contributed by atoms with Gasteiger partial charge < -0.3 is 4.74 Å². The molecule has 0 bridgehead atoms. The first-order chi connectivity index (χ1) is 8.43. The highest BCUT2D eigenvalue weighted by atomic mass is 19.4. The summed E-state index contributed by atoms with van der Waals surface area (Å²) in [5, 5.41) is 0. The molecule has 0 unspecified atom stereocenters. The molecule has 2 rings (SSSR count). The summed E-state index contributed by atoms with van der Waals surface area (Å²) in [5.74, 6) is -0.912. The van der Waals surface area contributed by atoms with Crippen LogP contribution in [0.25, 0.3) is 0 Å². The Bertz CT molecular complexity index is 470. The number of alkyl halides is 3. The van der Waals surface area contributed by atoms with E-state index in [0.717, 1.165) is 19.0 Å². The van der Waals surface area contributed by atoms with E-state index in [1.807, 2.05) is 0 Å². The van der Waals surface area contributed by atoms with Crippen LogP contribution in [0.2, 0.25) is 0 Å². The van der Waals surface area contributed by atoms with Gasteiger partial charge in [-0.25, -0.2) is 14.8 Å². The quantitative estimate of drug-likeness (QED) is 0.784. The highest BCUT2D eigenvalue weighted by Crippen LogP contribution is 2.39. The first-order valence-electron chi connectivity index (χ1n) is 5.54. The average molecular weight is 260 g/mol. The van der Waals surface area contributed by atoms with Gasteiger partial charge in [0.15, 0.2) is 5.69 Å². The van der Waals surface area contributed by atoms with Gasteiger partial charge in [-0.3, -0.25) is 0 Å². The Morgan fingerprint density at radius 1 is 1.50 bits per heavy atom. The molecule has 7 heteroatoms. The number of ether oxygens (including phenoxy) is 1. The summed E-state index contributed by atoms with van der Waals surface area (Å²) in [4.78, 5) is 18.7. The first-order valence-corrected chi connectivity index (χ1v) is 5.54. The van der Waals surface area contributed by atoms with Gasteiger partial charge in [0.05, 0.1) is 6.61 Å². The minimum Gasteiger partial charge on any atom is -0.462 e. The van der Waals surface area contributed by atoms with Crippen LogP contribution in [0.15, 0.2) is 6.20 Å². The smallest absolute Gasteiger partial charge is 0.434 e. The maximum Gasteiger partial charge on any atom is 0.434 e. The molecule has 18 heavy (non-hydrogen) atoms. The van der Waals surface area contributed by atoms with Gasteiger partial charge in [-0.05, 0) is 19.8 Å². The van der Waals surface area contributed by atoms with Gasteiger partial charge >= 0.3 is 12.1 Å². The summed E-state index contributed by atoms with van der Waals surface area (Å²) in [6.07, 6.45) is -2.21. The third-order valence-electron chi connectivity index (χ3n) is 2.51. The van der Waals surface area contributed by atoms with E-state index in [-0.39, 0.29) is 18.3 Å². The van der Waals surface area contributed by atoms with Crippen molar-refractivity contribution in [1.29, 1.82) is 0 Å². The summed E-state index contributed by atoms with van der Waals surface area (Å²) in [7, 11) is 0. The molecule has 1 fully saturated rings. The Kier molecular flexibility index (Phi) is 3.23. The van der Waals surface area contributed by atoms with E-state index in [4.69, 9.17) is 0 Å². The maximum atomic E-state index is 12.8. The van der Waals surface area contributed by atoms with Crippen LogP contribution in [0.3, 0.4) is 0 Å². The van der Waals surface area contributed by atoms with Crippen molar-refractivity contribution in [2.75, 3.05) is 6.61 Å². The molecule has 0 radical (unpaired) electrons. The number of carbonyl (C=O) groups excluding carboxylic acids is 1. The zero-order valence-electron chi connectivity index (χ0n) is 9.62. The van der Waals surface area contributed by atoms with Crippen molar-refractivity contribution in [1.82, 2.24) is 9.97 Å². The Morgan fingerprint density at radius 2 is 2.17 bits per heavy atom. The van der Waals surface area contributed by atoms with Gasteiger partial charge in [-0.2, -0.15) is 13.2 Å². The zero-order chi connectivity index (χ0) is 13.3. The number of hydrogen-bond donors (Lipinski definition) is 0. The number of aromatic nitrogens is 2. The number of nitrogens with zero attached hydrogens (tertiary/aromatic N) is 2. The molecule has 1 aromatic heterocycles. The van der Waals surface area contributed by atoms with Crippen molar-refractivity contribution in [2.45, 2.75) is 31.9 Å². The highest BCUT2D eigenvalue weighted by molar-refractivity contribution is 5.90. The van der Waals surface area contributed by atoms with Gasteiger partial charge in [-0.15, -0.1) is 0 Å². The molecule has 4 nitrogen and oxygen atoms in total. The molecule has 0 N–H and O–H groups in total. The van der Waals surface area contributed by atoms with Crippen molar-refractivity contribution in [3.05, 3.63) is 23.3 Å². The monoisotopic (exact) mass is 260 g/mol. The summed E-state index contributed by atoms with van der Waals surface area (Å²) in [6.45, 7) is 1.52. The molecule has 0 amide bonds. The molecule has 0 atom stereocenters. The molecule has 0 aromatic carbocycles. The number of halogens is 3. The predicted molar refractivity (Wildman–Crippen MR) is 55.0 cm³/mol. The largest absolute Gasteiger partial charge is 0.462 e. The van der Waals surface area contributed by atoms with Crippen LogP contribution < -0.4 is 0 Å².